The second kappa shape index (κ2) is 29.2. The highest BCUT2D eigenvalue weighted by molar-refractivity contribution is 6.05. The fourth-order valence-corrected chi connectivity index (χ4v) is 9.55. The number of carbonyl (C=O) groups excluding carboxylic acids is 9. The number of ketones is 1. The molecule has 77 heavy (non-hydrogen) atoms. The molecular weight excluding hydrogens is 993 g/mol. The van der Waals surface area contributed by atoms with Crippen LogP contribution in [0.25, 0.3) is 0 Å². The van der Waals surface area contributed by atoms with E-state index in [4.69, 9.17) is 18.9 Å². The zero-order valence-electron chi connectivity index (χ0n) is 47.2. The zero-order valence-corrected chi connectivity index (χ0v) is 47.2. The Kier molecular flexibility index (Phi) is 23.9. The van der Waals surface area contributed by atoms with Crippen molar-refractivity contribution in [1.29, 1.82) is 0 Å². The second-order valence-electron chi connectivity index (χ2n) is 21.8. The Morgan fingerprint density at radius 3 is 2.09 bits per heavy atom. The number of aliphatic hydroxyl groups excluding tert-OH is 1. The van der Waals surface area contributed by atoms with Crippen LogP contribution < -0.4 is 20.7 Å². The summed E-state index contributed by atoms with van der Waals surface area (Å²) < 4.78 is 22.8. The number of hydrogen-bond acceptors (Lipinski definition) is 14. The molecule has 4 N–H and O–H groups in total. The van der Waals surface area contributed by atoms with Crippen LogP contribution in [0.4, 0.5) is 4.79 Å². The Morgan fingerprint density at radius 2 is 1.51 bits per heavy atom. The molecule has 0 aliphatic carbocycles. The summed E-state index contributed by atoms with van der Waals surface area (Å²) in [5.41, 5.74) is 1.30. The van der Waals surface area contributed by atoms with E-state index in [-0.39, 0.29) is 50.7 Å². The molecule has 11 atom stereocenters. The Bertz CT molecular complexity index is 2350. The van der Waals surface area contributed by atoms with Crippen molar-refractivity contribution in [2.45, 2.75) is 175 Å². The number of nitrogens with zero attached hydrogens (tertiary/aromatic N) is 3. The Labute approximate surface area is 454 Å². The van der Waals surface area contributed by atoms with Crippen LogP contribution in [-0.4, -0.2) is 155 Å². The van der Waals surface area contributed by atoms with Gasteiger partial charge in [0.15, 0.2) is 11.9 Å². The van der Waals surface area contributed by atoms with Gasteiger partial charge in [-0.2, -0.15) is 0 Å². The molecule has 2 heterocycles. The van der Waals surface area contributed by atoms with E-state index in [1.807, 2.05) is 33.8 Å². The molecule has 0 aromatic heterocycles. The third-order valence-electron chi connectivity index (χ3n) is 14.4. The van der Waals surface area contributed by atoms with Gasteiger partial charge in [-0.05, 0) is 86.5 Å². The summed E-state index contributed by atoms with van der Waals surface area (Å²) in [6.45, 7) is 17.0. The van der Waals surface area contributed by atoms with Crippen LogP contribution in [0, 0.1) is 29.6 Å². The van der Waals surface area contributed by atoms with Crippen LogP contribution in [-0.2, 0) is 65.6 Å². The molecule has 2 aromatic carbocycles. The first-order valence-electron chi connectivity index (χ1n) is 27.0. The minimum Gasteiger partial charge on any atom is -0.497 e. The SMILES string of the molecule is CC[C@H](C)C1NC(=O)C(NC(=O)[C@@H](CC(C)C)N(C)C(=O)OCc2ccccc2)[C@@H](C)OC(=O)C(Cc2ccc(OC)cc2)N(C)C(=O)[C@@H]2CCCN2C(=O)C(CC(C)C)NC(=O)[C@@H](C)C(=O)C(C(C)C)OC(=O)C[C@@H]1O. The monoisotopic (exact) mass is 1080 g/mol. The third-order valence-corrected chi connectivity index (χ3v) is 14.4. The molecule has 0 saturated carbocycles. The van der Waals surface area contributed by atoms with E-state index >= 15 is 0 Å². The summed E-state index contributed by atoms with van der Waals surface area (Å²) in [5.74, 6) is -8.77. The molecule has 5 unspecified atom stereocenters. The summed E-state index contributed by atoms with van der Waals surface area (Å²) in [5, 5.41) is 20.1. The van der Waals surface area contributed by atoms with Crippen molar-refractivity contribution < 1.29 is 67.2 Å². The van der Waals surface area contributed by atoms with E-state index in [1.54, 1.807) is 76.2 Å². The van der Waals surface area contributed by atoms with Gasteiger partial charge in [0.05, 0.1) is 31.6 Å². The van der Waals surface area contributed by atoms with E-state index in [0.717, 1.165) is 4.90 Å². The average molecular weight is 1080 g/mol. The summed E-state index contributed by atoms with van der Waals surface area (Å²) >= 11 is 0. The molecule has 6 amide bonds. The van der Waals surface area contributed by atoms with Gasteiger partial charge in [-0.25, -0.2) is 9.59 Å². The van der Waals surface area contributed by atoms with E-state index in [2.05, 4.69) is 16.0 Å². The second-order valence-corrected chi connectivity index (χ2v) is 21.8. The fourth-order valence-electron chi connectivity index (χ4n) is 9.55. The maximum atomic E-state index is 14.9. The normalized spacial score (nSPS) is 25.6. The van der Waals surface area contributed by atoms with E-state index in [1.165, 1.54) is 44.9 Å². The lowest BCUT2D eigenvalue weighted by molar-refractivity contribution is -0.163. The van der Waals surface area contributed by atoms with Crippen LogP contribution in [0.3, 0.4) is 0 Å². The molecule has 0 bridgehead atoms. The lowest BCUT2D eigenvalue weighted by Crippen LogP contribution is -2.61. The van der Waals surface area contributed by atoms with Gasteiger partial charge in [0.25, 0.3) is 0 Å². The number of fused-ring (bicyclic) bond motifs is 1. The number of benzene rings is 2. The molecule has 2 fully saturated rings. The topological polar surface area (TPSA) is 257 Å². The highest BCUT2D eigenvalue weighted by atomic mass is 16.6. The number of ether oxygens (including phenoxy) is 4. The molecule has 20 heteroatoms. The first kappa shape index (κ1) is 63.0. The van der Waals surface area contributed by atoms with Crippen LogP contribution in [0.5, 0.6) is 5.75 Å². The minimum absolute atomic E-state index is 0.0856. The summed E-state index contributed by atoms with van der Waals surface area (Å²) in [6.07, 6.45) is -4.96. The number of Topliss-reactive ketones (excluding diaryl/α,β-unsaturated/α-hetero) is 1. The van der Waals surface area contributed by atoms with Crippen molar-refractivity contribution in [2.24, 2.45) is 29.6 Å². The van der Waals surface area contributed by atoms with Crippen molar-refractivity contribution in [3.05, 3.63) is 65.7 Å². The van der Waals surface area contributed by atoms with Gasteiger partial charge in [-0.1, -0.05) is 104 Å². The summed E-state index contributed by atoms with van der Waals surface area (Å²) in [7, 11) is 4.30. The third kappa shape index (κ3) is 17.5. The molecule has 4 rings (SSSR count). The van der Waals surface area contributed by atoms with E-state index < -0.39 is 132 Å². The lowest BCUT2D eigenvalue weighted by Gasteiger charge is -2.36. The van der Waals surface area contributed by atoms with Gasteiger partial charge >= 0.3 is 18.0 Å². The zero-order chi connectivity index (χ0) is 57.4. The predicted molar refractivity (Wildman–Crippen MR) is 285 cm³/mol. The lowest BCUT2D eigenvalue weighted by atomic mass is 9.91. The number of amides is 6. The number of likely N-dealkylation sites (N-methyl/N-ethyl adjacent to an activating group) is 2. The smallest absolute Gasteiger partial charge is 0.410 e. The first-order valence-corrected chi connectivity index (χ1v) is 27.0. The average Bonchev–Trinajstić information content (AvgIpc) is 3.89. The molecule has 2 aliphatic heterocycles. The molecule has 2 saturated heterocycles. The quantitative estimate of drug-likeness (QED) is 0.107. The number of esters is 2. The van der Waals surface area contributed by atoms with Gasteiger partial charge in [0.1, 0.15) is 48.7 Å². The highest BCUT2D eigenvalue weighted by Gasteiger charge is 2.45. The first-order chi connectivity index (χ1) is 36.3. The van der Waals surface area contributed by atoms with Crippen LogP contribution >= 0.6 is 0 Å². The van der Waals surface area contributed by atoms with Crippen molar-refractivity contribution in [1.82, 2.24) is 30.7 Å². The minimum atomic E-state index is -1.72. The van der Waals surface area contributed by atoms with E-state index in [9.17, 15) is 48.3 Å². The number of carbonyl (C=O) groups is 9. The van der Waals surface area contributed by atoms with Crippen molar-refractivity contribution in [3.63, 3.8) is 0 Å². The number of rotatable bonds is 15. The van der Waals surface area contributed by atoms with Crippen LogP contribution in [0.2, 0.25) is 0 Å². The van der Waals surface area contributed by atoms with Gasteiger partial charge in [0, 0.05) is 27.1 Å². The fraction of sp³-hybridized carbons (Fsp3) is 0.632. The van der Waals surface area contributed by atoms with E-state index in [0.29, 0.717) is 29.7 Å². The van der Waals surface area contributed by atoms with Gasteiger partial charge in [0.2, 0.25) is 29.5 Å². The number of hydrogen-bond donors (Lipinski definition) is 4. The number of cyclic esters (lactones) is 2. The number of methoxy groups -OCH3 is 1. The Balaban J connectivity index is 1.86. The molecule has 0 radical (unpaired) electrons. The van der Waals surface area contributed by atoms with Gasteiger partial charge in [-0.3, -0.25) is 38.5 Å². The standard InChI is InChI=1S/C57H84N6O14/c1-14-35(8)47-45(64)30-46(65)77-50(34(6)7)49(66)36(9)51(67)58-41(27-32(2)3)54(70)63-26-18-21-42(63)55(71)61(11)44(29-38-22-24-40(74-13)25-23-38)56(72)76-37(10)48(53(69)59-47)60-52(68)43(28-33(4)5)62(12)57(73)75-31-39-19-16-15-17-20-39/h15-17,19-20,22-25,32-37,41-45,47-48,50,64H,14,18,21,26-31H2,1-13H3,(H,58,67)(H,59,69)(H,60,68)/t35-,36-,37+,41?,42-,43+,44?,45-,47?,48?,50?/m0/s1. The highest BCUT2D eigenvalue weighted by Crippen LogP contribution is 2.26. The Hall–Kier alpha value is -6.57. The largest absolute Gasteiger partial charge is 0.497 e. The molecule has 426 valence electrons. The van der Waals surface area contributed by atoms with Crippen LogP contribution in [0.15, 0.2) is 54.6 Å². The molecular formula is C57H84N6O14. The summed E-state index contributed by atoms with van der Waals surface area (Å²) in [6, 6.07) is 7.97. The van der Waals surface area contributed by atoms with Gasteiger partial charge < -0.3 is 49.8 Å². The maximum Gasteiger partial charge on any atom is 0.410 e. The van der Waals surface area contributed by atoms with Crippen molar-refractivity contribution >= 4 is 53.4 Å². The summed E-state index contributed by atoms with van der Waals surface area (Å²) in [4.78, 5) is 133. The molecule has 2 aromatic rings. The van der Waals surface area contributed by atoms with Gasteiger partial charge in [-0.15, -0.1) is 0 Å². The number of nitrogens with one attached hydrogen (secondary N) is 3. The van der Waals surface area contributed by atoms with Crippen molar-refractivity contribution in [2.75, 3.05) is 27.7 Å². The predicted octanol–water partition coefficient (Wildman–Crippen LogP) is 4.75. The molecule has 0 spiro atoms. The molecule has 20 nitrogen and oxygen atoms in total. The Morgan fingerprint density at radius 1 is 0.857 bits per heavy atom. The molecule has 2 aliphatic rings. The number of aliphatic hydroxyl groups is 1. The van der Waals surface area contributed by atoms with Crippen molar-refractivity contribution in [3.8, 4) is 5.75 Å². The maximum absolute atomic E-state index is 14.9. The van der Waals surface area contributed by atoms with Crippen LogP contribution in [0.1, 0.15) is 119 Å².